The highest BCUT2D eigenvalue weighted by atomic mass is 16.6. The van der Waals surface area contributed by atoms with Gasteiger partial charge in [0.1, 0.15) is 0 Å². The Morgan fingerprint density at radius 1 is 1.00 bits per heavy atom. The smallest absolute Gasteiger partial charge is 0.311 e. The zero-order chi connectivity index (χ0) is 21.7. The van der Waals surface area contributed by atoms with Crippen LogP contribution in [-0.4, -0.2) is 38.7 Å². The van der Waals surface area contributed by atoms with Gasteiger partial charge in [-0.05, 0) is 42.7 Å². The normalized spacial score (nSPS) is 14.8. The molecular weight excluding hydrogens is 388 g/mol. The minimum Gasteiger partial charge on any atom is -0.493 e. The molecule has 0 bridgehead atoms. The number of carbonyl (C=O) groups is 1. The van der Waals surface area contributed by atoms with E-state index < -0.39 is 4.92 Å². The number of carbonyl (C=O) groups excluding carboxylic acids is 1. The number of hydrogen-bond acceptors (Lipinski definition) is 6. The molecule has 0 radical (unpaired) electrons. The van der Waals surface area contributed by atoms with Gasteiger partial charge in [-0.2, -0.15) is 0 Å². The van der Waals surface area contributed by atoms with Crippen LogP contribution in [0.25, 0.3) is 0 Å². The number of nitro groups is 1. The Kier molecular flexibility index (Phi) is 6.44. The van der Waals surface area contributed by atoms with Crippen molar-refractivity contribution in [2.24, 2.45) is 0 Å². The maximum absolute atomic E-state index is 12.8. The Morgan fingerprint density at radius 2 is 1.63 bits per heavy atom. The van der Waals surface area contributed by atoms with Gasteiger partial charge >= 0.3 is 5.69 Å². The summed E-state index contributed by atoms with van der Waals surface area (Å²) in [5, 5.41) is 14.2. The second kappa shape index (κ2) is 9.02. The number of hydrogen-bond donors (Lipinski definition) is 1. The largest absolute Gasteiger partial charge is 0.493 e. The van der Waals surface area contributed by atoms with Crippen molar-refractivity contribution in [2.75, 3.05) is 27.9 Å². The minimum atomic E-state index is -0.558. The second-order valence-electron chi connectivity index (χ2n) is 7.38. The van der Waals surface area contributed by atoms with Gasteiger partial charge in [-0.15, -0.1) is 0 Å². The highest BCUT2D eigenvalue weighted by molar-refractivity contribution is 5.95. The Hall–Kier alpha value is -3.29. The third-order valence-corrected chi connectivity index (χ3v) is 5.78. The van der Waals surface area contributed by atoms with Crippen molar-refractivity contribution in [1.29, 1.82) is 0 Å². The van der Waals surface area contributed by atoms with E-state index in [-0.39, 0.29) is 28.3 Å². The lowest BCUT2D eigenvalue weighted by Gasteiger charge is -2.30. The van der Waals surface area contributed by atoms with Crippen LogP contribution in [0.2, 0.25) is 0 Å². The van der Waals surface area contributed by atoms with E-state index in [1.807, 2.05) is 18.2 Å². The van der Waals surface area contributed by atoms with E-state index in [0.717, 1.165) is 31.2 Å². The van der Waals surface area contributed by atoms with Gasteiger partial charge in [-0.1, -0.05) is 18.9 Å². The molecule has 0 spiro atoms. The van der Waals surface area contributed by atoms with Crippen molar-refractivity contribution in [1.82, 2.24) is 5.32 Å². The predicted molar refractivity (Wildman–Crippen MR) is 112 cm³/mol. The highest BCUT2D eigenvalue weighted by Gasteiger charge is 2.36. The molecule has 1 aliphatic carbocycles. The second-order valence-corrected chi connectivity index (χ2v) is 7.38. The summed E-state index contributed by atoms with van der Waals surface area (Å²) < 4.78 is 15.8. The highest BCUT2D eigenvalue weighted by Crippen LogP contribution is 2.43. The summed E-state index contributed by atoms with van der Waals surface area (Å²) in [7, 11) is 4.55. The summed E-state index contributed by atoms with van der Waals surface area (Å²) >= 11 is 0. The van der Waals surface area contributed by atoms with Gasteiger partial charge in [0.05, 0.1) is 26.3 Å². The molecule has 30 heavy (non-hydrogen) atoms. The molecule has 8 heteroatoms. The van der Waals surface area contributed by atoms with Crippen LogP contribution in [0.5, 0.6) is 17.2 Å². The molecule has 0 aliphatic heterocycles. The maximum Gasteiger partial charge on any atom is 0.311 e. The summed E-state index contributed by atoms with van der Waals surface area (Å²) in [5.74, 6) is 1.07. The van der Waals surface area contributed by atoms with E-state index in [1.165, 1.54) is 25.3 Å². The number of ether oxygens (including phenoxy) is 3. The van der Waals surface area contributed by atoms with Crippen molar-refractivity contribution < 1.29 is 23.9 Å². The first-order chi connectivity index (χ1) is 14.4. The Bertz CT molecular complexity index is 937. The molecule has 1 N–H and O–H groups in total. The Balaban J connectivity index is 1.82. The molecule has 1 fully saturated rings. The maximum atomic E-state index is 12.8. The van der Waals surface area contributed by atoms with Gasteiger partial charge in [0.2, 0.25) is 0 Å². The number of nitrogens with zero attached hydrogens (tertiary/aromatic N) is 1. The van der Waals surface area contributed by atoms with Gasteiger partial charge in [-0.25, -0.2) is 0 Å². The van der Waals surface area contributed by atoms with Gasteiger partial charge in [0.15, 0.2) is 17.2 Å². The molecule has 160 valence electrons. The zero-order valence-corrected chi connectivity index (χ0v) is 17.4. The molecule has 1 amide bonds. The van der Waals surface area contributed by atoms with Crippen molar-refractivity contribution in [3.63, 3.8) is 0 Å². The number of rotatable bonds is 8. The summed E-state index contributed by atoms with van der Waals surface area (Å²) in [4.78, 5) is 23.4. The molecule has 1 saturated carbocycles. The van der Waals surface area contributed by atoms with E-state index in [1.54, 1.807) is 14.2 Å². The molecule has 2 aromatic rings. The summed E-state index contributed by atoms with van der Waals surface area (Å²) in [5.41, 5.74) is 0.857. The lowest BCUT2D eigenvalue weighted by Crippen LogP contribution is -2.39. The molecule has 0 atom stereocenters. The molecule has 3 rings (SSSR count). The first kappa shape index (κ1) is 21.4. The fourth-order valence-corrected chi connectivity index (χ4v) is 4.11. The molecular formula is C22H26N2O6. The number of amides is 1. The first-order valence-corrected chi connectivity index (χ1v) is 9.77. The van der Waals surface area contributed by atoms with E-state index in [4.69, 9.17) is 14.2 Å². The van der Waals surface area contributed by atoms with E-state index in [2.05, 4.69) is 5.32 Å². The lowest BCUT2D eigenvalue weighted by molar-refractivity contribution is -0.385. The van der Waals surface area contributed by atoms with Crippen LogP contribution in [-0.2, 0) is 5.41 Å². The molecule has 0 aromatic heterocycles. The Labute approximate surface area is 175 Å². The predicted octanol–water partition coefficient (Wildman–Crippen LogP) is 3.86. The average molecular weight is 414 g/mol. The molecule has 1 aliphatic rings. The van der Waals surface area contributed by atoms with Crippen LogP contribution in [0.4, 0.5) is 5.69 Å². The fourth-order valence-electron chi connectivity index (χ4n) is 4.11. The first-order valence-electron chi connectivity index (χ1n) is 9.77. The van der Waals surface area contributed by atoms with Gasteiger partial charge in [0, 0.05) is 23.6 Å². The van der Waals surface area contributed by atoms with Crippen molar-refractivity contribution >= 4 is 11.6 Å². The summed E-state index contributed by atoms with van der Waals surface area (Å²) in [6, 6.07) is 10.1. The van der Waals surface area contributed by atoms with Crippen LogP contribution in [0, 0.1) is 10.1 Å². The van der Waals surface area contributed by atoms with E-state index >= 15 is 0 Å². The molecule has 2 aromatic carbocycles. The monoisotopic (exact) mass is 414 g/mol. The van der Waals surface area contributed by atoms with Gasteiger partial charge < -0.3 is 19.5 Å². The number of nitrogens with one attached hydrogen (secondary N) is 1. The van der Waals surface area contributed by atoms with Crippen LogP contribution >= 0.6 is 0 Å². The number of nitro benzene ring substituents is 1. The van der Waals surface area contributed by atoms with Crippen LogP contribution in [0.15, 0.2) is 36.4 Å². The average Bonchev–Trinajstić information content (AvgIpc) is 3.26. The number of methoxy groups -OCH3 is 3. The third-order valence-electron chi connectivity index (χ3n) is 5.78. The summed E-state index contributed by atoms with van der Waals surface area (Å²) in [6.45, 7) is 0.432. The van der Waals surface area contributed by atoms with Crippen LogP contribution < -0.4 is 19.5 Å². The molecule has 0 saturated heterocycles. The molecule has 0 unspecified atom stereocenters. The fraction of sp³-hybridized carbons (Fsp3) is 0.409. The van der Waals surface area contributed by atoms with Crippen LogP contribution in [0.3, 0.4) is 0 Å². The summed E-state index contributed by atoms with van der Waals surface area (Å²) in [6.07, 6.45) is 4.01. The van der Waals surface area contributed by atoms with Crippen molar-refractivity contribution in [2.45, 2.75) is 31.1 Å². The minimum absolute atomic E-state index is 0.120. The zero-order valence-electron chi connectivity index (χ0n) is 17.4. The topological polar surface area (TPSA) is 99.9 Å². The van der Waals surface area contributed by atoms with Crippen molar-refractivity contribution in [3.8, 4) is 17.2 Å². The van der Waals surface area contributed by atoms with Crippen molar-refractivity contribution in [3.05, 3.63) is 57.6 Å². The van der Waals surface area contributed by atoms with Gasteiger partial charge in [-0.3, -0.25) is 14.9 Å². The third kappa shape index (κ3) is 4.17. The Morgan fingerprint density at radius 3 is 2.23 bits per heavy atom. The van der Waals surface area contributed by atoms with E-state index in [0.29, 0.717) is 18.0 Å². The van der Waals surface area contributed by atoms with E-state index in [9.17, 15) is 14.9 Å². The number of benzene rings is 2. The molecule has 0 heterocycles. The van der Waals surface area contributed by atoms with Gasteiger partial charge in [0.25, 0.3) is 5.91 Å². The van der Waals surface area contributed by atoms with Crippen LogP contribution in [0.1, 0.15) is 41.6 Å². The lowest BCUT2D eigenvalue weighted by atomic mass is 9.78. The standard InChI is InChI=1S/C22H26N2O6/c1-28-18-8-6-15(12-17(18)24(26)27)21(25)23-14-22(10-4-5-11-22)16-7-9-19(29-2)20(13-16)30-3/h6-9,12-13H,4-5,10-11,14H2,1-3H3,(H,23,25). The molecule has 8 nitrogen and oxygen atoms in total. The quantitative estimate of drug-likeness (QED) is 0.520. The SMILES string of the molecule is COc1ccc(C2(CNC(=O)c3ccc(OC)c([N+](=O)[O-])c3)CCCC2)cc1OC.